The third-order valence-corrected chi connectivity index (χ3v) is 4.97. The minimum Gasteiger partial charge on any atom is -0.374 e. The van der Waals surface area contributed by atoms with Crippen molar-refractivity contribution in [2.75, 3.05) is 10.6 Å². The zero-order valence-corrected chi connectivity index (χ0v) is 16.6. The van der Waals surface area contributed by atoms with Gasteiger partial charge in [-0.3, -0.25) is 9.59 Å². The highest BCUT2D eigenvalue weighted by Gasteiger charge is 2.29. The highest BCUT2D eigenvalue weighted by Crippen LogP contribution is 2.30. The average Bonchev–Trinajstić information content (AvgIpc) is 3.55. The molecule has 5 heteroatoms. The van der Waals surface area contributed by atoms with Crippen molar-refractivity contribution < 1.29 is 9.59 Å². The predicted molar refractivity (Wildman–Crippen MR) is 113 cm³/mol. The molecule has 2 aromatic rings. The van der Waals surface area contributed by atoms with E-state index in [4.69, 9.17) is 0 Å². The van der Waals surface area contributed by atoms with Crippen LogP contribution in [0.15, 0.2) is 54.6 Å². The summed E-state index contributed by atoms with van der Waals surface area (Å²) in [5, 5.41) is 9.30. The molecule has 0 saturated heterocycles. The molecule has 3 rings (SSSR count). The van der Waals surface area contributed by atoms with Crippen molar-refractivity contribution in [2.45, 2.75) is 51.6 Å². The third kappa shape index (κ3) is 5.59. The Balaban J connectivity index is 1.54. The van der Waals surface area contributed by atoms with Crippen molar-refractivity contribution in [3.8, 4) is 0 Å². The Kier molecular flexibility index (Phi) is 6.69. The zero-order chi connectivity index (χ0) is 19.9. The molecule has 0 aromatic heterocycles. The summed E-state index contributed by atoms with van der Waals surface area (Å²) in [5.41, 5.74) is 2.76. The molecule has 2 unspecified atom stereocenters. The van der Waals surface area contributed by atoms with E-state index in [0.29, 0.717) is 0 Å². The minimum absolute atomic E-state index is 0.0166. The van der Waals surface area contributed by atoms with Gasteiger partial charge in [0.25, 0.3) is 0 Å². The van der Waals surface area contributed by atoms with Gasteiger partial charge in [-0.2, -0.15) is 0 Å². The molecule has 3 N–H and O–H groups in total. The van der Waals surface area contributed by atoms with Crippen molar-refractivity contribution in [1.29, 1.82) is 0 Å². The molecule has 0 aliphatic heterocycles. The summed E-state index contributed by atoms with van der Waals surface area (Å²) in [4.78, 5) is 24.5. The molecule has 0 heterocycles. The largest absolute Gasteiger partial charge is 0.374 e. The van der Waals surface area contributed by atoms with Gasteiger partial charge in [0.05, 0.1) is 6.04 Å². The van der Waals surface area contributed by atoms with Crippen LogP contribution in [0.4, 0.5) is 11.4 Å². The minimum atomic E-state index is -0.366. The van der Waals surface area contributed by atoms with Crippen LogP contribution in [-0.4, -0.2) is 17.9 Å². The predicted octanol–water partition coefficient (Wildman–Crippen LogP) is 4.49. The van der Waals surface area contributed by atoms with Gasteiger partial charge in [-0.05, 0) is 56.0 Å². The Labute approximate surface area is 166 Å². The van der Waals surface area contributed by atoms with Crippen LogP contribution in [0.25, 0.3) is 0 Å². The number of hydrogen-bond acceptors (Lipinski definition) is 3. The molecule has 0 spiro atoms. The Morgan fingerprint density at radius 1 is 1.00 bits per heavy atom. The second-order valence-electron chi connectivity index (χ2n) is 7.47. The number of hydrogen-bond donors (Lipinski definition) is 3. The van der Waals surface area contributed by atoms with E-state index in [0.717, 1.165) is 42.6 Å². The monoisotopic (exact) mass is 379 g/mol. The molecule has 0 radical (unpaired) electrons. The molecule has 148 valence electrons. The second kappa shape index (κ2) is 9.40. The number of nitrogens with one attached hydrogen (secondary N) is 3. The first-order valence-electron chi connectivity index (χ1n) is 10.1. The summed E-state index contributed by atoms with van der Waals surface area (Å²) >= 11 is 0. The molecular formula is C23H29N3O2. The SMILES string of the molecule is CCCC(NC(=O)C(C)Nc1ccc(NC(=O)C2CC2)cc1)c1ccccc1. The maximum absolute atomic E-state index is 12.7. The molecule has 1 saturated carbocycles. The average molecular weight is 380 g/mol. The number of benzene rings is 2. The van der Waals surface area contributed by atoms with Crippen LogP contribution in [0.5, 0.6) is 0 Å². The highest BCUT2D eigenvalue weighted by atomic mass is 16.2. The first-order chi connectivity index (χ1) is 13.6. The van der Waals surface area contributed by atoms with E-state index in [1.165, 1.54) is 0 Å². The molecule has 1 aliphatic rings. The number of rotatable bonds is 9. The van der Waals surface area contributed by atoms with Crippen molar-refractivity contribution in [2.24, 2.45) is 5.92 Å². The van der Waals surface area contributed by atoms with Crippen LogP contribution in [0.2, 0.25) is 0 Å². The first-order valence-corrected chi connectivity index (χ1v) is 10.1. The lowest BCUT2D eigenvalue weighted by Gasteiger charge is -2.22. The van der Waals surface area contributed by atoms with Gasteiger partial charge in [0, 0.05) is 17.3 Å². The molecular weight excluding hydrogens is 350 g/mol. The first kappa shape index (κ1) is 19.9. The van der Waals surface area contributed by atoms with Crippen molar-refractivity contribution >= 4 is 23.2 Å². The van der Waals surface area contributed by atoms with Crippen LogP contribution >= 0.6 is 0 Å². The summed E-state index contributed by atoms with van der Waals surface area (Å²) < 4.78 is 0. The van der Waals surface area contributed by atoms with Crippen LogP contribution in [0, 0.1) is 5.92 Å². The Hall–Kier alpha value is -2.82. The van der Waals surface area contributed by atoms with E-state index in [9.17, 15) is 9.59 Å². The Bertz CT molecular complexity index is 785. The number of carbonyl (C=O) groups excluding carboxylic acids is 2. The summed E-state index contributed by atoms with van der Waals surface area (Å²) in [6.45, 7) is 3.97. The van der Waals surface area contributed by atoms with Gasteiger partial charge in [-0.1, -0.05) is 43.7 Å². The van der Waals surface area contributed by atoms with Gasteiger partial charge < -0.3 is 16.0 Å². The lowest BCUT2D eigenvalue weighted by molar-refractivity contribution is -0.122. The molecule has 1 aliphatic carbocycles. The van der Waals surface area contributed by atoms with E-state index in [2.05, 4.69) is 22.9 Å². The topological polar surface area (TPSA) is 70.2 Å². The highest BCUT2D eigenvalue weighted by molar-refractivity contribution is 5.94. The van der Waals surface area contributed by atoms with Crippen molar-refractivity contribution in [3.05, 3.63) is 60.2 Å². The number of anilines is 2. The molecule has 1 fully saturated rings. The summed E-state index contributed by atoms with van der Waals surface area (Å²) in [6, 6.07) is 17.2. The standard InChI is InChI=1S/C23H29N3O2/c1-3-7-21(17-8-5-4-6-9-17)26-22(27)16(2)24-19-12-14-20(15-13-19)25-23(28)18-10-11-18/h4-6,8-9,12-16,18,21,24H,3,7,10-11H2,1-2H3,(H,25,28)(H,26,27). The summed E-state index contributed by atoms with van der Waals surface area (Å²) in [6.07, 6.45) is 3.87. The van der Waals surface area contributed by atoms with Gasteiger partial charge in [0.2, 0.25) is 11.8 Å². The maximum atomic E-state index is 12.7. The van der Waals surface area contributed by atoms with Gasteiger partial charge in [0.1, 0.15) is 6.04 Å². The second-order valence-corrected chi connectivity index (χ2v) is 7.47. The molecule has 28 heavy (non-hydrogen) atoms. The summed E-state index contributed by atoms with van der Waals surface area (Å²) in [7, 11) is 0. The van der Waals surface area contributed by atoms with Gasteiger partial charge in [0.15, 0.2) is 0 Å². The number of amides is 2. The Morgan fingerprint density at radius 2 is 1.64 bits per heavy atom. The molecule has 2 amide bonds. The maximum Gasteiger partial charge on any atom is 0.242 e. The normalized spacial score (nSPS) is 15.4. The molecule has 5 nitrogen and oxygen atoms in total. The quantitative estimate of drug-likeness (QED) is 0.601. The van der Waals surface area contributed by atoms with Gasteiger partial charge in [-0.15, -0.1) is 0 Å². The molecule has 2 aromatic carbocycles. The van der Waals surface area contributed by atoms with Gasteiger partial charge >= 0.3 is 0 Å². The van der Waals surface area contributed by atoms with Gasteiger partial charge in [-0.25, -0.2) is 0 Å². The fourth-order valence-corrected chi connectivity index (χ4v) is 3.15. The van der Waals surface area contributed by atoms with Crippen LogP contribution < -0.4 is 16.0 Å². The van der Waals surface area contributed by atoms with E-state index in [1.807, 2.05) is 61.5 Å². The Morgan fingerprint density at radius 3 is 2.25 bits per heavy atom. The smallest absolute Gasteiger partial charge is 0.242 e. The van der Waals surface area contributed by atoms with E-state index < -0.39 is 0 Å². The van der Waals surface area contributed by atoms with Crippen LogP contribution in [-0.2, 0) is 9.59 Å². The zero-order valence-electron chi connectivity index (χ0n) is 16.6. The van der Waals surface area contributed by atoms with Crippen LogP contribution in [0.3, 0.4) is 0 Å². The van der Waals surface area contributed by atoms with E-state index in [1.54, 1.807) is 0 Å². The summed E-state index contributed by atoms with van der Waals surface area (Å²) in [5.74, 6) is 0.243. The fourth-order valence-electron chi connectivity index (χ4n) is 3.15. The lowest BCUT2D eigenvalue weighted by Crippen LogP contribution is -2.39. The molecule has 2 atom stereocenters. The van der Waals surface area contributed by atoms with E-state index >= 15 is 0 Å². The third-order valence-electron chi connectivity index (χ3n) is 4.97. The van der Waals surface area contributed by atoms with Crippen molar-refractivity contribution in [3.63, 3.8) is 0 Å². The fraction of sp³-hybridized carbons (Fsp3) is 0.391. The molecule has 0 bridgehead atoms. The van der Waals surface area contributed by atoms with Crippen molar-refractivity contribution in [1.82, 2.24) is 5.32 Å². The lowest BCUT2D eigenvalue weighted by atomic mass is 10.0. The van der Waals surface area contributed by atoms with E-state index in [-0.39, 0.29) is 29.8 Å². The number of carbonyl (C=O) groups is 2. The van der Waals surface area contributed by atoms with Crippen LogP contribution in [0.1, 0.15) is 51.1 Å².